The summed E-state index contributed by atoms with van der Waals surface area (Å²) in [5.74, 6) is -0.496. The topological polar surface area (TPSA) is 72.2 Å². The molecular formula is C5H10N2O2. The van der Waals surface area contributed by atoms with E-state index in [0.717, 1.165) is 0 Å². The van der Waals surface area contributed by atoms with Gasteiger partial charge in [-0.2, -0.15) is 0 Å². The summed E-state index contributed by atoms with van der Waals surface area (Å²) in [6, 6.07) is -0.512. The molecule has 0 aromatic carbocycles. The molecule has 0 unspecified atom stereocenters. The number of nitrogens with two attached hydrogens (primary N) is 1. The third-order valence-corrected chi connectivity index (χ3v) is 1.02. The van der Waals surface area contributed by atoms with E-state index >= 15 is 0 Å². The van der Waals surface area contributed by atoms with Crippen LogP contribution in [0.15, 0.2) is 0 Å². The molecule has 0 aromatic rings. The van der Waals surface area contributed by atoms with E-state index in [1.54, 1.807) is 6.92 Å². The predicted molar refractivity (Wildman–Crippen MR) is 32.5 cm³/mol. The van der Waals surface area contributed by atoms with Crippen molar-refractivity contribution >= 4 is 12.3 Å². The summed E-state index contributed by atoms with van der Waals surface area (Å²) in [4.78, 5) is 20.1. The number of amides is 2. The first-order chi connectivity index (χ1) is 4.22. The smallest absolute Gasteiger partial charge is 0.239 e. The van der Waals surface area contributed by atoms with Gasteiger partial charge in [0.2, 0.25) is 12.3 Å². The van der Waals surface area contributed by atoms with Gasteiger partial charge in [0.15, 0.2) is 0 Å². The maximum absolute atomic E-state index is 10.3. The van der Waals surface area contributed by atoms with Crippen LogP contribution in [0.5, 0.6) is 0 Å². The molecule has 0 aromatic heterocycles. The number of hydrogen-bond donors (Lipinski definition) is 2. The minimum Gasteiger partial charge on any atom is -0.368 e. The zero-order chi connectivity index (χ0) is 7.28. The van der Waals surface area contributed by atoms with E-state index in [-0.39, 0.29) is 0 Å². The Balaban J connectivity index is 3.67. The quantitative estimate of drug-likeness (QED) is 0.479. The fraction of sp³-hybridized carbons (Fsp3) is 0.600. The Morgan fingerprint density at radius 1 is 1.89 bits per heavy atom. The summed E-state index contributed by atoms with van der Waals surface area (Å²) in [5.41, 5.74) is 4.87. The van der Waals surface area contributed by atoms with Gasteiger partial charge in [-0.15, -0.1) is 0 Å². The number of hydrogen-bond acceptors (Lipinski definition) is 2. The van der Waals surface area contributed by atoms with Gasteiger partial charge in [0, 0.05) is 0 Å². The average Bonchev–Trinajstić information content (AvgIpc) is 1.82. The largest absolute Gasteiger partial charge is 0.368 e. The molecule has 4 heteroatoms. The minimum atomic E-state index is -0.512. The lowest BCUT2D eigenvalue weighted by Crippen LogP contribution is -2.39. The van der Waals surface area contributed by atoms with Crippen LogP contribution in [-0.4, -0.2) is 18.4 Å². The summed E-state index contributed by atoms with van der Waals surface area (Å²) < 4.78 is 0. The number of carbonyl (C=O) groups excluding carboxylic acids is 2. The second-order valence-electron chi connectivity index (χ2n) is 1.65. The second-order valence-corrected chi connectivity index (χ2v) is 1.65. The van der Waals surface area contributed by atoms with Crippen molar-refractivity contribution in [3.05, 3.63) is 0 Å². The van der Waals surface area contributed by atoms with Gasteiger partial charge < -0.3 is 11.1 Å². The van der Waals surface area contributed by atoms with Crippen LogP contribution in [0.3, 0.4) is 0 Å². The van der Waals surface area contributed by atoms with E-state index in [0.29, 0.717) is 12.8 Å². The van der Waals surface area contributed by atoms with E-state index in [4.69, 9.17) is 5.73 Å². The Morgan fingerprint density at radius 2 is 2.44 bits per heavy atom. The summed E-state index contributed by atoms with van der Waals surface area (Å²) in [6.45, 7) is 1.77. The van der Waals surface area contributed by atoms with Crippen molar-refractivity contribution in [3.8, 4) is 0 Å². The van der Waals surface area contributed by atoms with Gasteiger partial charge in [-0.3, -0.25) is 9.59 Å². The van der Waals surface area contributed by atoms with E-state index < -0.39 is 11.9 Å². The SMILES string of the molecule is CC[C@@H](NC=O)C(N)=O. The second kappa shape index (κ2) is 3.88. The van der Waals surface area contributed by atoms with E-state index in [9.17, 15) is 9.59 Å². The van der Waals surface area contributed by atoms with Gasteiger partial charge in [-0.05, 0) is 6.42 Å². The highest BCUT2D eigenvalue weighted by atomic mass is 16.2. The van der Waals surface area contributed by atoms with E-state index in [1.165, 1.54) is 0 Å². The fourth-order valence-corrected chi connectivity index (χ4v) is 0.483. The molecule has 4 nitrogen and oxygen atoms in total. The Labute approximate surface area is 53.4 Å². The summed E-state index contributed by atoms with van der Waals surface area (Å²) in [6.07, 6.45) is 1.01. The van der Waals surface area contributed by atoms with Gasteiger partial charge in [0.05, 0.1) is 0 Å². The Kier molecular flexibility index (Phi) is 3.43. The van der Waals surface area contributed by atoms with Crippen LogP contribution in [0, 0.1) is 0 Å². The van der Waals surface area contributed by atoms with Crippen LogP contribution in [0.25, 0.3) is 0 Å². The zero-order valence-corrected chi connectivity index (χ0v) is 5.26. The molecule has 0 aliphatic rings. The number of primary amides is 1. The molecule has 0 aliphatic heterocycles. The molecule has 0 spiro atoms. The predicted octanol–water partition coefficient (Wildman–Crippen LogP) is -1.00. The molecule has 3 N–H and O–H groups in total. The average molecular weight is 130 g/mol. The first-order valence-corrected chi connectivity index (χ1v) is 2.71. The molecule has 0 rings (SSSR count). The highest BCUT2D eigenvalue weighted by Gasteiger charge is 2.09. The number of carbonyl (C=O) groups is 2. The van der Waals surface area contributed by atoms with E-state index in [1.807, 2.05) is 0 Å². The monoisotopic (exact) mass is 130 g/mol. The van der Waals surface area contributed by atoms with Crippen LogP contribution in [-0.2, 0) is 9.59 Å². The zero-order valence-electron chi connectivity index (χ0n) is 5.26. The summed E-state index contributed by atoms with van der Waals surface area (Å²) in [5, 5.41) is 2.28. The standard InChI is InChI=1S/C5H10N2O2/c1-2-4(5(6)9)7-3-8/h3-4H,2H2,1H3,(H2,6,9)(H,7,8)/t4-/m1/s1. The molecule has 0 fully saturated rings. The molecular weight excluding hydrogens is 120 g/mol. The maximum Gasteiger partial charge on any atom is 0.239 e. The first-order valence-electron chi connectivity index (χ1n) is 2.71. The molecule has 0 saturated carbocycles. The summed E-state index contributed by atoms with van der Waals surface area (Å²) >= 11 is 0. The third-order valence-electron chi connectivity index (χ3n) is 1.02. The van der Waals surface area contributed by atoms with Crippen LogP contribution >= 0.6 is 0 Å². The molecule has 9 heavy (non-hydrogen) atoms. The molecule has 0 aliphatic carbocycles. The lowest BCUT2D eigenvalue weighted by atomic mass is 10.2. The Morgan fingerprint density at radius 3 is 2.56 bits per heavy atom. The van der Waals surface area contributed by atoms with Crippen molar-refractivity contribution in [1.82, 2.24) is 5.32 Å². The van der Waals surface area contributed by atoms with Crippen molar-refractivity contribution in [2.45, 2.75) is 19.4 Å². The maximum atomic E-state index is 10.3. The number of rotatable bonds is 4. The lowest BCUT2D eigenvalue weighted by Gasteiger charge is -2.06. The molecule has 0 heterocycles. The molecule has 0 bridgehead atoms. The van der Waals surface area contributed by atoms with Crippen LogP contribution in [0.4, 0.5) is 0 Å². The van der Waals surface area contributed by atoms with Gasteiger partial charge in [0.25, 0.3) is 0 Å². The molecule has 0 radical (unpaired) electrons. The van der Waals surface area contributed by atoms with Gasteiger partial charge in [-0.25, -0.2) is 0 Å². The van der Waals surface area contributed by atoms with Crippen LogP contribution < -0.4 is 11.1 Å². The van der Waals surface area contributed by atoms with Gasteiger partial charge >= 0.3 is 0 Å². The highest BCUT2D eigenvalue weighted by Crippen LogP contribution is 1.85. The normalized spacial score (nSPS) is 12.1. The number of nitrogens with one attached hydrogen (secondary N) is 1. The highest BCUT2D eigenvalue weighted by molar-refractivity contribution is 5.81. The minimum absolute atomic E-state index is 0.471. The summed E-state index contributed by atoms with van der Waals surface area (Å²) in [7, 11) is 0. The first kappa shape index (κ1) is 7.94. The lowest BCUT2D eigenvalue weighted by molar-refractivity contribution is -0.122. The van der Waals surface area contributed by atoms with Gasteiger partial charge in [-0.1, -0.05) is 6.92 Å². The molecule has 1 atom stereocenters. The van der Waals surface area contributed by atoms with Crippen molar-refractivity contribution in [2.24, 2.45) is 5.73 Å². The molecule has 52 valence electrons. The van der Waals surface area contributed by atoms with E-state index in [2.05, 4.69) is 5.32 Å². The Hall–Kier alpha value is -1.06. The van der Waals surface area contributed by atoms with Crippen LogP contribution in [0.2, 0.25) is 0 Å². The fourth-order valence-electron chi connectivity index (χ4n) is 0.483. The van der Waals surface area contributed by atoms with Crippen LogP contribution in [0.1, 0.15) is 13.3 Å². The molecule has 0 saturated heterocycles. The van der Waals surface area contributed by atoms with Crippen molar-refractivity contribution in [3.63, 3.8) is 0 Å². The van der Waals surface area contributed by atoms with Crippen molar-refractivity contribution < 1.29 is 9.59 Å². The molecule has 2 amide bonds. The van der Waals surface area contributed by atoms with Crippen molar-refractivity contribution in [1.29, 1.82) is 0 Å². The third kappa shape index (κ3) is 2.69. The van der Waals surface area contributed by atoms with Gasteiger partial charge in [0.1, 0.15) is 6.04 Å². The Bertz CT molecular complexity index is 114. The van der Waals surface area contributed by atoms with Crippen molar-refractivity contribution in [2.75, 3.05) is 0 Å².